The smallest absolute Gasteiger partial charge is 0.241 e. The fraction of sp³-hybridized carbons (Fsp3) is 0.571. The van der Waals surface area contributed by atoms with E-state index < -0.39 is 0 Å². The zero-order chi connectivity index (χ0) is 13.8. The van der Waals surface area contributed by atoms with Crippen LogP contribution in [0.2, 0.25) is 0 Å². The van der Waals surface area contributed by atoms with Crippen molar-refractivity contribution in [3.8, 4) is 0 Å². The highest BCUT2D eigenvalue weighted by Crippen LogP contribution is 2.17. The van der Waals surface area contributed by atoms with Gasteiger partial charge in [-0.05, 0) is 32.5 Å². The van der Waals surface area contributed by atoms with Crippen molar-refractivity contribution in [1.82, 2.24) is 14.8 Å². The van der Waals surface area contributed by atoms with Crippen molar-refractivity contribution in [3.63, 3.8) is 0 Å². The van der Waals surface area contributed by atoms with Crippen molar-refractivity contribution in [2.45, 2.75) is 32.0 Å². The van der Waals surface area contributed by atoms with Gasteiger partial charge >= 0.3 is 0 Å². The molecule has 1 aliphatic heterocycles. The molecule has 2 rings (SSSR count). The molecule has 2 N–H and O–H groups in total. The van der Waals surface area contributed by atoms with Gasteiger partial charge in [-0.25, -0.2) is 0 Å². The second kappa shape index (κ2) is 6.12. The van der Waals surface area contributed by atoms with Crippen LogP contribution in [0.15, 0.2) is 24.4 Å². The highest BCUT2D eigenvalue weighted by atomic mass is 16.2. The number of carbonyl (C=O) groups excluding carboxylic acids is 1. The molecule has 0 aromatic carbocycles. The lowest BCUT2D eigenvalue weighted by Crippen LogP contribution is -2.49. The minimum Gasteiger partial charge on any atom is -0.333 e. The van der Waals surface area contributed by atoms with Crippen LogP contribution < -0.4 is 5.73 Å². The molecule has 1 aliphatic rings. The van der Waals surface area contributed by atoms with Gasteiger partial charge in [0.2, 0.25) is 5.91 Å². The molecule has 1 fully saturated rings. The average Bonchev–Trinajstić information content (AvgIpc) is 2.52. The normalized spacial score (nSPS) is 25.4. The SMILES string of the molecule is CC1CCN(C)C(CN)C(=O)N1Cc1ccccn1. The van der Waals surface area contributed by atoms with Crippen molar-refractivity contribution in [1.29, 1.82) is 0 Å². The predicted molar refractivity (Wildman–Crippen MR) is 74.3 cm³/mol. The largest absolute Gasteiger partial charge is 0.333 e. The Balaban J connectivity index is 2.18. The van der Waals surface area contributed by atoms with Crippen LogP contribution in [0.3, 0.4) is 0 Å². The van der Waals surface area contributed by atoms with E-state index in [9.17, 15) is 4.79 Å². The molecule has 2 heterocycles. The first kappa shape index (κ1) is 14.0. The van der Waals surface area contributed by atoms with Gasteiger partial charge in [-0.15, -0.1) is 0 Å². The number of rotatable bonds is 3. The minimum absolute atomic E-state index is 0.112. The topological polar surface area (TPSA) is 62.5 Å². The Morgan fingerprint density at radius 2 is 2.26 bits per heavy atom. The van der Waals surface area contributed by atoms with E-state index in [4.69, 9.17) is 5.73 Å². The van der Waals surface area contributed by atoms with E-state index in [1.54, 1.807) is 6.20 Å². The van der Waals surface area contributed by atoms with Crippen LogP contribution in [0, 0.1) is 0 Å². The van der Waals surface area contributed by atoms with E-state index in [-0.39, 0.29) is 18.0 Å². The molecule has 104 valence electrons. The highest BCUT2D eigenvalue weighted by Gasteiger charge is 2.33. The Hall–Kier alpha value is -1.46. The summed E-state index contributed by atoms with van der Waals surface area (Å²) in [5, 5.41) is 0. The van der Waals surface area contributed by atoms with Crippen LogP contribution in [-0.2, 0) is 11.3 Å². The molecule has 1 aromatic heterocycles. The van der Waals surface area contributed by atoms with E-state index in [0.29, 0.717) is 13.1 Å². The van der Waals surface area contributed by atoms with Crippen LogP contribution in [0.1, 0.15) is 19.0 Å². The Kier molecular flexibility index (Phi) is 4.50. The van der Waals surface area contributed by atoms with Crippen LogP contribution in [0.5, 0.6) is 0 Å². The Labute approximate surface area is 114 Å². The molecule has 0 bridgehead atoms. The predicted octanol–water partition coefficient (Wildman–Crippen LogP) is 0.462. The summed E-state index contributed by atoms with van der Waals surface area (Å²) in [5.74, 6) is 0.112. The summed E-state index contributed by atoms with van der Waals surface area (Å²) < 4.78 is 0. The van der Waals surface area contributed by atoms with Crippen LogP contribution in [-0.4, -0.2) is 52.9 Å². The van der Waals surface area contributed by atoms with Gasteiger partial charge in [0.25, 0.3) is 0 Å². The van der Waals surface area contributed by atoms with Gasteiger partial charge in [-0.2, -0.15) is 0 Å². The fourth-order valence-electron chi connectivity index (χ4n) is 2.48. The van der Waals surface area contributed by atoms with E-state index in [1.165, 1.54) is 0 Å². The standard InChI is InChI=1S/C14H22N4O/c1-11-6-8-17(2)13(9-15)14(19)18(11)10-12-5-3-4-7-16-12/h3-5,7,11,13H,6,8-10,15H2,1-2H3. The van der Waals surface area contributed by atoms with E-state index in [2.05, 4.69) is 16.8 Å². The third-order valence-electron chi connectivity index (χ3n) is 3.81. The number of hydrogen-bond donors (Lipinski definition) is 1. The molecular weight excluding hydrogens is 240 g/mol. The summed E-state index contributed by atoms with van der Waals surface area (Å²) in [6.07, 6.45) is 2.72. The van der Waals surface area contributed by atoms with Gasteiger partial charge in [0.15, 0.2) is 0 Å². The van der Waals surface area contributed by atoms with Crippen molar-refractivity contribution < 1.29 is 4.79 Å². The first-order valence-corrected chi connectivity index (χ1v) is 6.74. The van der Waals surface area contributed by atoms with Crippen LogP contribution in [0.4, 0.5) is 0 Å². The summed E-state index contributed by atoms with van der Waals surface area (Å²) in [4.78, 5) is 20.8. The Morgan fingerprint density at radius 3 is 2.89 bits per heavy atom. The number of nitrogens with zero attached hydrogens (tertiary/aromatic N) is 3. The maximum atomic E-state index is 12.6. The molecule has 0 radical (unpaired) electrons. The monoisotopic (exact) mass is 262 g/mol. The third-order valence-corrected chi connectivity index (χ3v) is 3.81. The van der Waals surface area contributed by atoms with Crippen molar-refractivity contribution in [2.24, 2.45) is 5.73 Å². The van der Waals surface area contributed by atoms with Gasteiger partial charge in [-0.3, -0.25) is 14.7 Å². The van der Waals surface area contributed by atoms with Crippen LogP contribution >= 0.6 is 0 Å². The molecule has 2 unspecified atom stereocenters. The molecule has 2 atom stereocenters. The molecule has 1 saturated heterocycles. The molecule has 1 aromatic rings. The van der Waals surface area contributed by atoms with E-state index in [0.717, 1.165) is 18.7 Å². The van der Waals surface area contributed by atoms with Crippen molar-refractivity contribution in [2.75, 3.05) is 20.1 Å². The van der Waals surface area contributed by atoms with Crippen molar-refractivity contribution >= 4 is 5.91 Å². The van der Waals surface area contributed by atoms with Gasteiger partial charge in [-0.1, -0.05) is 6.07 Å². The lowest BCUT2D eigenvalue weighted by molar-refractivity contribution is -0.137. The molecule has 0 saturated carbocycles. The molecule has 19 heavy (non-hydrogen) atoms. The zero-order valence-electron chi connectivity index (χ0n) is 11.6. The molecule has 0 spiro atoms. The number of nitrogens with two attached hydrogens (primary N) is 1. The van der Waals surface area contributed by atoms with Gasteiger partial charge < -0.3 is 10.6 Å². The molecular formula is C14H22N4O. The van der Waals surface area contributed by atoms with Gasteiger partial charge in [0.05, 0.1) is 12.2 Å². The lowest BCUT2D eigenvalue weighted by Gasteiger charge is -2.29. The Morgan fingerprint density at radius 1 is 1.47 bits per heavy atom. The fourth-order valence-corrected chi connectivity index (χ4v) is 2.48. The second-order valence-electron chi connectivity index (χ2n) is 5.16. The molecule has 5 heteroatoms. The number of carbonyl (C=O) groups is 1. The maximum absolute atomic E-state index is 12.6. The lowest BCUT2D eigenvalue weighted by atomic mass is 10.2. The van der Waals surface area contributed by atoms with E-state index >= 15 is 0 Å². The number of hydrogen-bond acceptors (Lipinski definition) is 4. The molecule has 5 nitrogen and oxygen atoms in total. The number of amides is 1. The Bertz CT molecular complexity index is 423. The summed E-state index contributed by atoms with van der Waals surface area (Å²) >= 11 is 0. The first-order chi connectivity index (χ1) is 9.13. The minimum atomic E-state index is -0.214. The first-order valence-electron chi connectivity index (χ1n) is 6.74. The van der Waals surface area contributed by atoms with E-state index in [1.807, 2.05) is 30.1 Å². The number of aromatic nitrogens is 1. The average molecular weight is 262 g/mol. The third kappa shape index (κ3) is 3.11. The summed E-state index contributed by atoms with van der Waals surface area (Å²) in [7, 11) is 1.96. The highest BCUT2D eigenvalue weighted by molar-refractivity contribution is 5.82. The zero-order valence-corrected chi connectivity index (χ0v) is 11.6. The quantitative estimate of drug-likeness (QED) is 0.859. The molecule has 0 aliphatic carbocycles. The van der Waals surface area contributed by atoms with Gasteiger partial charge in [0, 0.05) is 25.3 Å². The molecule has 1 amide bonds. The maximum Gasteiger partial charge on any atom is 0.241 e. The summed E-state index contributed by atoms with van der Waals surface area (Å²) in [6.45, 7) is 3.91. The summed E-state index contributed by atoms with van der Waals surface area (Å²) in [6, 6.07) is 5.78. The summed E-state index contributed by atoms with van der Waals surface area (Å²) in [5.41, 5.74) is 6.67. The number of pyridine rings is 1. The van der Waals surface area contributed by atoms with Crippen LogP contribution in [0.25, 0.3) is 0 Å². The van der Waals surface area contributed by atoms with Crippen molar-refractivity contribution in [3.05, 3.63) is 30.1 Å². The van der Waals surface area contributed by atoms with Gasteiger partial charge in [0.1, 0.15) is 6.04 Å². The number of likely N-dealkylation sites (N-methyl/N-ethyl adjacent to an activating group) is 1. The second-order valence-corrected chi connectivity index (χ2v) is 5.16.